The van der Waals surface area contributed by atoms with Crippen molar-refractivity contribution >= 4 is 22.7 Å². The van der Waals surface area contributed by atoms with E-state index < -0.39 is 12.1 Å². The van der Waals surface area contributed by atoms with Crippen molar-refractivity contribution in [2.24, 2.45) is 0 Å². The lowest BCUT2D eigenvalue weighted by Gasteiger charge is -2.47. The van der Waals surface area contributed by atoms with Crippen LogP contribution in [0.4, 0.5) is 0 Å². The van der Waals surface area contributed by atoms with E-state index >= 15 is 0 Å². The molecule has 0 spiro atoms. The smallest absolute Gasteiger partial charge is 0.246 e. The molecule has 4 aromatic rings. The topological polar surface area (TPSA) is 76.6 Å². The molecule has 6 rings (SSSR count). The van der Waals surface area contributed by atoms with Gasteiger partial charge in [0.25, 0.3) is 0 Å². The zero-order valence-electron chi connectivity index (χ0n) is 20.0. The number of para-hydroxylation sites is 1. The van der Waals surface area contributed by atoms with Gasteiger partial charge in [-0.1, -0.05) is 78.9 Å². The summed E-state index contributed by atoms with van der Waals surface area (Å²) in [6.45, 7) is 0.0883. The number of amides is 2. The molecule has 1 saturated heterocycles. The number of aromatic amines is 1. The second-order valence-electron chi connectivity index (χ2n) is 9.77. The summed E-state index contributed by atoms with van der Waals surface area (Å²) in [6, 6.07) is 26.9. The molecule has 1 aromatic heterocycles. The van der Waals surface area contributed by atoms with Gasteiger partial charge in [0.2, 0.25) is 11.8 Å². The maximum atomic E-state index is 13.8. The number of benzene rings is 3. The number of nitrogens with zero attached hydrogens (tertiary/aromatic N) is 2. The van der Waals surface area contributed by atoms with Crippen LogP contribution in [-0.4, -0.2) is 50.8 Å². The van der Waals surface area contributed by atoms with Crippen LogP contribution in [0.2, 0.25) is 0 Å². The summed E-state index contributed by atoms with van der Waals surface area (Å²) >= 11 is 0. The highest BCUT2D eigenvalue weighted by Crippen LogP contribution is 2.41. The van der Waals surface area contributed by atoms with Crippen LogP contribution in [-0.2, 0) is 22.4 Å². The number of hydrogen-bond acceptors (Lipinski definition) is 3. The molecule has 2 N–H and O–H groups in total. The molecule has 3 aromatic carbocycles. The predicted octanol–water partition coefficient (Wildman–Crippen LogP) is 4.17. The lowest BCUT2D eigenvalue weighted by Crippen LogP contribution is -2.63. The van der Waals surface area contributed by atoms with Gasteiger partial charge in [-0.3, -0.25) is 9.59 Å². The largest absolute Gasteiger partial charge is 0.387 e. The summed E-state index contributed by atoms with van der Waals surface area (Å²) in [5, 5.41) is 11.9. The van der Waals surface area contributed by atoms with Crippen molar-refractivity contribution in [3.63, 3.8) is 0 Å². The fourth-order valence-corrected chi connectivity index (χ4v) is 5.84. The highest BCUT2D eigenvalue weighted by Gasteiger charge is 2.47. The Labute approximate surface area is 210 Å². The number of β-amino-alcohol motifs (C(OH)–C–C–N with tert-alkyl or cyclic N) is 1. The second-order valence-corrected chi connectivity index (χ2v) is 9.77. The minimum Gasteiger partial charge on any atom is -0.387 e. The molecule has 2 amide bonds. The van der Waals surface area contributed by atoms with E-state index in [9.17, 15) is 14.7 Å². The van der Waals surface area contributed by atoms with Crippen LogP contribution in [0.15, 0.2) is 84.9 Å². The molecule has 1 fully saturated rings. The van der Waals surface area contributed by atoms with E-state index in [2.05, 4.69) is 23.2 Å². The van der Waals surface area contributed by atoms with Crippen molar-refractivity contribution in [2.45, 2.75) is 37.5 Å². The number of rotatable bonds is 6. The standard InChI is InChI=1S/C30H29N3O3/c34-27(21-11-5-2-6-12-21)18-32-19-28(35)33-25(16-15-20-9-3-1-4-10-20)29-23(17-26(33)30(32)36)22-13-7-8-14-24(22)31-29/h1-14,25-27,31,34H,15-19H2. The molecular weight excluding hydrogens is 450 g/mol. The zero-order chi connectivity index (χ0) is 24.6. The number of aromatic nitrogens is 1. The molecular formula is C30H29N3O3. The lowest BCUT2D eigenvalue weighted by molar-refractivity contribution is -0.161. The fraction of sp³-hybridized carbons (Fsp3) is 0.267. The van der Waals surface area contributed by atoms with Gasteiger partial charge in [0.1, 0.15) is 6.04 Å². The first-order valence-corrected chi connectivity index (χ1v) is 12.6. The molecule has 6 heteroatoms. The van der Waals surface area contributed by atoms with Crippen LogP contribution in [0.3, 0.4) is 0 Å². The highest BCUT2D eigenvalue weighted by molar-refractivity contribution is 5.97. The summed E-state index contributed by atoms with van der Waals surface area (Å²) in [5.74, 6) is -0.160. The van der Waals surface area contributed by atoms with Gasteiger partial charge < -0.3 is 19.9 Å². The van der Waals surface area contributed by atoms with Crippen LogP contribution < -0.4 is 0 Å². The summed E-state index contributed by atoms with van der Waals surface area (Å²) in [4.78, 5) is 34.3. The van der Waals surface area contributed by atoms with Gasteiger partial charge in [0.05, 0.1) is 25.2 Å². The van der Waals surface area contributed by atoms with Crippen molar-refractivity contribution in [1.29, 1.82) is 0 Å². The molecule has 0 aliphatic carbocycles. The molecule has 3 atom stereocenters. The number of piperazine rings is 1. The first kappa shape index (κ1) is 22.6. The summed E-state index contributed by atoms with van der Waals surface area (Å²) in [5.41, 5.74) is 5.14. The van der Waals surface area contributed by atoms with Crippen LogP contribution in [0.25, 0.3) is 10.9 Å². The molecule has 0 saturated carbocycles. The van der Waals surface area contributed by atoms with Crippen LogP contribution >= 0.6 is 0 Å². The number of aryl methyl sites for hydroxylation is 1. The monoisotopic (exact) mass is 479 g/mol. The minimum absolute atomic E-state index is 0.0172. The first-order chi connectivity index (χ1) is 17.6. The van der Waals surface area contributed by atoms with E-state index in [1.54, 1.807) is 0 Å². The number of aliphatic hydroxyl groups is 1. The average Bonchev–Trinajstić information content (AvgIpc) is 3.29. The Hall–Kier alpha value is -3.90. The molecule has 2 aliphatic rings. The van der Waals surface area contributed by atoms with E-state index in [4.69, 9.17) is 0 Å². The third kappa shape index (κ3) is 3.97. The Bertz CT molecular complexity index is 1400. The quantitative estimate of drug-likeness (QED) is 0.436. The maximum Gasteiger partial charge on any atom is 0.246 e. The number of H-pyrrole nitrogens is 1. The third-order valence-electron chi connectivity index (χ3n) is 7.59. The Balaban J connectivity index is 1.33. The van der Waals surface area contributed by atoms with E-state index in [0.717, 1.165) is 40.6 Å². The molecule has 3 heterocycles. The molecule has 6 nitrogen and oxygen atoms in total. The average molecular weight is 480 g/mol. The Morgan fingerprint density at radius 2 is 1.61 bits per heavy atom. The van der Waals surface area contributed by atoms with Crippen LogP contribution in [0.1, 0.15) is 41.0 Å². The van der Waals surface area contributed by atoms with E-state index in [1.165, 1.54) is 10.5 Å². The molecule has 3 unspecified atom stereocenters. The summed E-state index contributed by atoms with van der Waals surface area (Å²) in [7, 11) is 0. The molecule has 0 radical (unpaired) electrons. The van der Waals surface area contributed by atoms with Crippen molar-refractivity contribution in [3.8, 4) is 0 Å². The lowest BCUT2D eigenvalue weighted by atomic mass is 9.86. The van der Waals surface area contributed by atoms with Gasteiger partial charge in [-0.2, -0.15) is 0 Å². The van der Waals surface area contributed by atoms with Gasteiger partial charge in [0.15, 0.2) is 0 Å². The van der Waals surface area contributed by atoms with Crippen molar-refractivity contribution in [3.05, 3.63) is 107 Å². The second kappa shape index (κ2) is 9.28. The Morgan fingerprint density at radius 1 is 0.917 bits per heavy atom. The molecule has 0 bridgehead atoms. The SMILES string of the molecule is O=C1C2Cc3c([nH]c4ccccc34)C(CCc3ccccc3)N2C(=O)CN1CC(O)c1ccccc1. The number of carbonyl (C=O) groups excluding carboxylic acids is 2. The zero-order valence-corrected chi connectivity index (χ0v) is 20.0. The summed E-state index contributed by atoms with van der Waals surface area (Å²) < 4.78 is 0. The number of hydrogen-bond donors (Lipinski definition) is 2. The van der Waals surface area contributed by atoms with Crippen molar-refractivity contribution < 1.29 is 14.7 Å². The number of aliphatic hydroxyl groups excluding tert-OH is 1. The Kier molecular flexibility index (Phi) is 5.82. The van der Waals surface area contributed by atoms with E-state index in [1.807, 2.05) is 71.6 Å². The van der Waals surface area contributed by atoms with E-state index in [-0.39, 0.29) is 30.9 Å². The van der Waals surface area contributed by atoms with Gasteiger partial charge >= 0.3 is 0 Å². The molecule has 182 valence electrons. The molecule has 36 heavy (non-hydrogen) atoms. The van der Waals surface area contributed by atoms with Crippen molar-refractivity contribution in [1.82, 2.24) is 14.8 Å². The normalized spacial score (nSPS) is 20.4. The minimum atomic E-state index is -0.837. The highest BCUT2D eigenvalue weighted by atomic mass is 16.3. The number of fused-ring (bicyclic) bond motifs is 4. The Morgan fingerprint density at radius 3 is 2.39 bits per heavy atom. The first-order valence-electron chi connectivity index (χ1n) is 12.6. The van der Waals surface area contributed by atoms with Crippen molar-refractivity contribution in [2.75, 3.05) is 13.1 Å². The molecule has 2 aliphatic heterocycles. The summed E-state index contributed by atoms with van der Waals surface area (Å²) in [6.07, 6.45) is 1.17. The van der Waals surface area contributed by atoms with Gasteiger partial charge in [-0.15, -0.1) is 0 Å². The maximum absolute atomic E-state index is 13.8. The van der Waals surface area contributed by atoms with Crippen LogP contribution in [0.5, 0.6) is 0 Å². The van der Waals surface area contributed by atoms with Gasteiger partial charge in [-0.25, -0.2) is 0 Å². The predicted molar refractivity (Wildman–Crippen MR) is 138 cm³/mol. The van der Waals surface area contributed by atoms with E-state index in [0.29, 0.717) is 6.42 Å². The third-order valence-corrected chi connectivity index (χ3v) is 7.59. The van der Waals surface area contributed by atoms with Crippen LogP contribution in [0, 0.1) is 0 Å². The number of carbonyl (C=O) groups is 2. The fourth-order valence-electron chi connectivity index (χ4n) is 5.84. The van der Waals surface area contributed by atoms with Gasteiger partial charge in [-0.05, 0) is 35.6 Å². The van der Waals surface area contributed by atoms with Gasteiger partial charge in [0, 0.05) is 23.0 Å². The number of nitrogens with one attached hydrogen (secondary N) is 1.